The number of nitrogens with two attached hydrogens (primary N) is 1. The maximum absolute atomic E-state index is 10.6. The van der Waals surface area contributed by atoms with Crippen LogP contribution >= 0.6 is 15.9 Å². The highest BCUT2D eigenvalue weighted by molar-refractivity contribution is 9.10. The van der Waals surface area contributed by atoms with Gasteiger partial charge in [0.05, 0.1) is 21.5 Å². The number of hydrogen-bond donors (Lipinski definition) is 2. The molecule has 0 amide bonds. The van der Waals surface area contributed by atoms with Crippen LogP contribution in [0.5, 0.6) is 0 Å². The van der Waals surface area contributed by atoms with Gasteiger partial charge in [0.1, 0.15) is 0 Å². The zero-order valence-electron chi connectivity index (χ0n) is 10.4. The Kier molecular flexibility index (Phi) is 3.61. The SMILES string of the molecule is CCc1nn(C)c(CC(O)(CN)C2CC2)c1Br. The first kappa shape index (κ1) is 13.1. The summed E-state index contributed by atoms with van der Waals surface area (Å²) in [5, 5.41) is 15.0. The van der Waals surface area contributed by atoms with Crippen LogP contribution in [-0.2, 0) is 19.9 Å². The third-order valence-electron chi connectivity index (χ3n) is 3.67. The number of rotatable bonds is 5. The van der Waals surface area contributed by atoms with E-state index in [1.165, 1.54) is 0 Å². The van der Waals surface area contributed by atoms with Crippen molar-refractivity contribution in [2.45, 2.75) is 38.2 Å². The Morgan fingerprint density at radius 3 is 2.65 bits per heavy atom. The van der Waals surface area contributed by atoms with Crippen LogP contribution < -0.4 is 5.73 Å². The number of aryl methyl sites for hydroxylation is 2. The van der Waals surface area contributed by atoms with E-state index >= 15 is 0 Å². The molecular weight excluding hydrogens is 282 g/mol. The molecule has 1 aromatic heterocycles. The van der Waals surface area contributed by atoms with Gasteiger partial charge in [-0.05, 0) is 41.1 Å². The van der Waals surface area contributed by atoms with Crippen molar-refractivity contribution in [2.24, 2.45) is 18.7 Å². The summed E-state index contributed by atoms with van der Waals surface area (Å²) in [6.07, 6.45) is 3.64. The molecule has 1 saturated carbocycles. The van der Waals surface area contributed by atoms with Crippen LogP contribution in [0.15, 0.2) is 4.47 Å². The monoisotopic (exact) mass is 301 g/mol. The van der Waals surface area contributed by atoms with E-state index in [1.807, 2.05) is 11.7 Å². The molecule has 1 aliphatic rings. The summed E-state index contributed by atoms with van der Waals surface area (Å²) in [6, 6.07) is 0. The highest BCUT2D eigenvalue weighted by Crippen LogP contribution is 2.41. The van der Waals surface area contributed by atoms with Gasteiger partial charge in [0.15, 0.2) is 0 Å². The summed E-state index contributed by atoms with van der Waals surface area (Å²) in [6.45, 7) is 2.39. The second-order valence-electron chi connectivity index (χ2n) is 4.94. The van der Waals surface area contributed by atoms with E-state index in [0.29, 0.717) is 18.9 Å². The Balaban J connectivity index is 2.25. The molecule has 1 heterocycles. The Bertz CT molecular complexity index is 414. The Hall–Kier alpha value is -0.390. The lowest BCUT2D eigenvalue weighted by Crippen LogP contribution is -2.42. The zero-order valence-corrected chi connectivity index (χ0v) is 12.0. The van der Waals surface area contributed by atoms with Gasteiger partial charge in [-0.15, -0.1) is 0 Å². The largest absolute Gasteiger partial charge is 0.388 e. The van der Waals surface area contributed by atoms with Crippen LogP contribution in [0.1, 0.15) is 31.2 Å². The Morgan fingerprint density at radius 1 is 1.59 bits per heavy atom. The number of halogens is 1. The smallest absolute Gasteiger partial charge is 0.0852 e. The summed E-state index contributed by atoms with van der Waals surface area (Å²) in [5.41, 5.74) is 7.06. The second kappa shape index (κ2) is 4.71. The number of aliphatic hydroxyl groups is 1. The van der Waals surface area contributed by atoms with Crippen LogP contribution in [0.3, 0.4) is 0 Å². The lowest BCUT2D eigenvalue weighted by atomic mass is 9.92. The van der Waals surface area contributed by atoms with Crippen LogP contribution in [-0.4, -0.2) is 27.0 Å². The van der Waals surface area contributed by atoms with Crippen molar-refractivity contribution in [3.05, 3.63) is 15.9 Å². The minimum Gasteiger partial charge on any atom is -0.388 e. The van der Waals surface area contributed by atoms with Crippen molar-refractivity contribution in [1.82, 2.24) is 9.78 Å². The summed E-state index contributed by atoms with van der Waals surface area (Å²) in [7, 11) is 1.92. The molecule has 17 heavy (non-hydrogen) atoms. The molecule has 0 spiro atoms. The van der Waals surface area contributed by atoms with Crippen LogP contribution in [0.25, 0.3) is 0 Å². The summed E-state index contributed by atoms with van der Waals surface area (Å²) in [5.74, 6) is 0.361. The van der Waals surface area contributed by atoms with Crippen molar-refractivity contribution in [1.29, 1.82) is 0 Å². The van der Waals surface area contributed by atoms with Crippen LogP contribution in [0, 0.1) is 5.92 Å². The van der Waals surface area contributed by atoms with Gasteiger partial charge in [0, 0.05) is 20.0 Å². The molecule has 1 atom stereocenters. The fraction of sp³-hybridized carbons (Fsp3) is 0.750. The third-order valence-corrected chi connectivity index (χ3v) is 4.58. The summed E-state index contributed by atoms with van der Waals surface area (Å²) in [4.78, 5) is 0. The van der Waals surface area contributed by atoms with Crippen molar-refractivity contribution in [3.63, 3.8) is 0 Å². The highest BCUT2D eigenvalue weighted by Gasteiger charge is 2.43. The molecule has 0 saturated heterocycles. The molecule has 1 fully saturated rings. The average Bonchev–Trinajstić information content (AvgIpc) is 3.12. The molecule has 5 heteroatoms. The maximum Gasteiger partial charge on any atom is 0.0852 e. The van der Waals surface area contributed by atoms with Gasteiger partial charge in [-0.2, -0.15) is 5.10 Å². The first-order chi connectivity index (χ1) is 8.01. The summed E-state index contributed by atoms with van der Waals surface area (Å²) < 4.78 is 2.88. The van der Waals surface area contributed by atoms with Crippen LogP contribution in [0.4, 0.5) is 0 Å². The van der Waals surface area contributed by atoms with Crippen LogP contribution in [0.2, 0.25) is 0 Å². The Labute approximate surface area is 110 Å². The van der Waals surface area contributed by atoms with Gasteiger partial charge in [-0.3, -0.25) is 4.68 Å². The first-order valence-electron chi connectivity index (χ1n) is 6.14. The second-order valence-corrected chi connectivity index (χ2v) is 5.74. The molecule has 0 aromatic carbocycles. The normalized spacial score (nSPS) is 19.4. The van der Waals surface area contributed by atoms with Gasteiger partial charge in [0.2, 0.25) is 0 Å². The van der Waals surface area contributed by atoms with Crippen molar-refractivity contribution < 1.29 is 5.11 Å². The lowest BCUT2D eigenvalue weighted by molar-refractivity contribution is 0.0248. The van der Waals surface area contributed by atoms with E-state index < -0.39 is 5.60 Å². The van der Waals surface area contributed by atoms with Crippen molar-refractivity contribution >= 4 is 15.9 Å². The predicted molar refractivity (Wildman–Crippen MR) is 70.7 cm³/mol. The van der Waals surface area contributed by atoms with Gasteiger partial charge in [-0.1, -0.05) is 6.92 Å². The van der Waals surface area contributed by atoms with E-state index in [9.17, 15) is 5.11 Å². The van der Waals surface area contributed by atoms with E-state index in [-0.39, 0.29) is 0 Å². The van der Waals surface area contributed by atoms with E-state index in [4.69, 9.17) is 5.73 Å². The number of nitrogens with zero attached hydrogens (tertiary/aromatic N) is 2. The molecule has 1 aromatic rings. The van der Waals surface area contributed by atoms with Crippen molar-refractivity contribution in [2.75, 3.05) is 6.54 Å². The molecule has 96 valence electrons. The predicted octanol–water partition coefficient (Wildman–Crippen LogP) is 1.39. The molecule has 0 radical (unpaired) electrons. The average molecular weight is 302 g/mol. The maximum atomic E-state index is 10.6. The molecule has 0 bridgehead atoms. The fourth-order valence-electron chi connectivity index (χ4n) is 2.31. The minimum atomic E-state index is -0.763. The number of aromatic nitrogens is 2. The topological polar surface area (TPSA) is 64.1 Å². The molecule has 3 N–H and O–H groups in total. The summed E-state index contributed by atoms with van der Waals surface area (Å²) >= 11 is 3.58. The van der Waals surface area contributed by atoms with E-state index in [2.05, 4.69) is 28.0 Å². The minimum absolute atomic E-state index is 0.316. The molecule has 0 aliphatic heterocycles. The fourth-order valence-corrected chi connectivity index (χ4v) is 3.06. The zero-order chi connectivity index (χ0) is 12.6. The lowest BCUT2D eigenvalue weighted by Gasteiger charge is -2.26. The molecule has 1 aliphatic carbocycles. The van der Waals surface area contributed by atoms with Gasteiger partial charge in [0.25, 0.3) is 0 Å². The van der Waals surface area contributed by atoms with Crippen molar-refractivity contribution in [3.8, 4) is 0 Å². The highest BCUT2D eigenvalue weighted by atomic mass is 79.9. The van der Waals surface area contributed by atoms with Gasteiger partial charge < -0.3 is 10.8 Å². The quantitative estimate of drug-likeness (QED) is 0.864. The van der Waals surface area contributed by atoms with Gasteiger partial charge >= 0.3 is 0 Å². The number of hydrogen-bond acceptors (Lipinski definition) is 3. The molecule has 1 unspecified atom stereocenters. The first-order valence-corrected chi connectivity index (χ1v) is 6.93. The standard InChI is InChI=1S/C12H20BrN3O/c1-3-9-11(13)10(16(2)15-9)6-12(17,7-14)8-4-5-8/h8,17H,3-7,14H2,1-2H3. The molecular formula is C12H20BrN3O. The van der Waals surface area contributed by atoms with E-state index in [1.54, 1.807) is 0 Å². The van der Waals surface area contributed by atoms with Gasteiger partial charge in [-0.25, -0.2) is 0 Å². The molecule has 2 rings (SSSR count). The Morgan fingerprint density at radius 2 is 2.24 bits per heavy atom. The third kappa shape index (κ3) is 2.41. The molecule has 4 nitrogen and oxygen atoms in total. The van der Waals surface area contributed by atoms with E-state index in [0.717, 1.165) is 35.1 Å².